The number of piperidine rings is 1. The Morgan fingerprint density at radius 3 is 2.71 bits per heavy atom. The molecule has 0 bridgehead atoms. The van der Waals surface area contributed by atoms with Crippen molar-refractivity contribution in [2.45, 2.75) is 46.2 Å². The highest BCUT2D eigenvalue weighted by Crippen LogP contribution is 2.30. The van der Waals surface area contributed by atoms with Crippen molar-refractivity contribution in [1.29, 1.82) is 0 Å². The SMILES string of the molecule is COc1ccc(C)cc1C(N)CN1CC(C)CC(C)C1C. The molecule has 0 aliphatic carbocycles. The molecular formula is C18H30N2O. The van der Waals surface area contributed by atoms with Gasteiger partial charge in [0.2, 0.25) is 0 Å². The van der Waals surface area contributed by atoms with Gasteiger partial charge in [0.25, 0.3) is 0 Å². The molecule has 0 amide bonds. The number of ether oxygens (including phenoxy) is 1. The molecule has 2 rings (SSSR count). The van der Waals surface area contributed by atoms with Crippen LogP contribution in [0.2, 0.25) is 0 Å². The zero-order chi connectivity index (χ0) is 15.6. The molecular weight excluding hydrogens is 260 g/mol. The summed E-state index contributed by atoms with van der Waals surface area (Å²) < 4.78 is 5.48. The molecule has 1 aliphatic heterocycles. The van der Waals surface area contributed by atoms with E-state index in [-0.39, 0.29) is 6.04 Å². The van der Waals surface area contributed by atoms with Crippen molar-refractivity contribution in [2.75, 3.05) is 20.2 Å². The maximum atomic E-state index is 6.50. The van der Waals surface area contributed by atoms with Crippen LogP contribution in [0.4, 0.5) is 0 Å². The number of likely N-dealkylation sites (tertiary alicyclic amines) is 1. The first-order valence-corrected chi connectivity index (χ1v) is 8.06. The quantitative estimate of drug-likeness (QED) is 0.924. The van der Waals surface area contributed by atoms with Crippen molar-refractivity contribution in [3.8, 4) is 5.75 Å². The molecule has 1 heterocycles. The van der Waals surface area contributed by atoms with Crippen LogP contribution in [0.15, 0.2) is 18.2 Å². The second kappa shape index (κ2) is 6.80. The number of nitrogens with zero attached hydrogens (tertiary/aromatic N) is 1. The maximum Gasteiger partial charge on any atom is 0.123 e. The highest BCUT2D eigenvalue weighted by Gasteiger charge is 2.30. The van der Waals surface area contributed by atoms with E-state index < -0.39 is 0 Å². The van der Waals surface area contributed by atoms with Crippen molar-refractivity contribution in [1.82, 2.24) is 4.90 Å². The average molecular weight is 290 g/mol. The number of nitrogens with two attached hydrogens (primary N) is 1. The van der Waals surface area contributed by atoms with Gasteiger partial charge in [0, 0.05) is 30.7 Å². The van der Waals surface area contributed by atoms with Crippen LogP contribution in [0.3, 0.4) is 0 Å². The lowest BCUT2D eigenvalue weighted by Crippen LogP contribution is -2.48. The van der Waals surface area contributed by atoms with E-state index in [0.717, 1.165) is 36.2 Å². The first-order chi connectivity index (χ1) is 9.92. The fourth-order valence-electron chi connectivity index (χ4n) is 3.57. The van der Waals surface area contributed by atoms with Gasteiger partial charge in [-0.1, -0.05) is 31.5 Å². The number of hydrogen-bond acceptors (Lipinski definition) is 3. The molecule has 1 saturated heterocycles. The fraction of sp³-hybridized carbons (Fsp3) is 0.667. The molecule has 1 aromatic rings. The molecule has 21 heavy (non-hydrogen) atoms. The third kappa shape index (κ3) is 3.78. The van der Waals surface area contributed by atoms with E-state index in [1.165, 1.54) is 12.0 Å². The summed E-state index contributed by atoms with van der Waals surface area (Å²) in [7, 11) is 1.72. The van der Waals surface area contributed by atoms with Gasteiger partial charge in [-0.3, -0.25) is 4.90 Å². The summed E-state index contributed by atoms with van der Waals surface area (Å²) in [6, 6.07) is 6.85. The Bertz CT molecular complexity index is 474. The number of rotatable bonds is 4. The van der Waals surface area contributed by atoms with Crippen molar-refractivity contribution in [2.24, 2.45) is 17.6 Å². The van der Waals surface area contributed by atoms with Gasteiger partial charge in [0.15, 0.2) is 0 Å². The van der Waals surface area contributed by atoms with Crippen LogP contribution in [0.25, 0.3) is 0 Å². The third-order valence-corrected chi connectivity index (χ3v) is 4.94. The lowest BCUT2D eigenvalue weighted by atomic mass is 9.85. The second-order valence-electron chi connectivity index (χ2n) is 6.86. The summed E-state index contributed by atoms with van der Waals surface area (Å²) in [5, 5.41) is 0. The van der Waals surface area contributed by atoms with Crippen LogP contribution in [0, 0.1) is 18.8 Å². The predicted molar refractivity (Wildman–Crippen MR) is 88.6 cm³/mol. The zero-order valence-electron chi connectivity index (χ0n) is 14.1. The Labute approximate surface area is 129 Å². The first-order valence-electron chi connectivity index (χ1n) is 8.06. The van der Waals surface area contributed by atoms with Gasteiger partial charge in [-0.15, -0.1) is 0 Å². The molecule has 1 fully saturated rings. The molecule has 1 aromatic carbocycles. The van der Waals surface area contributed by atoms with E-state index in [2.05, 4.69) is 44.7 Å². The Morgan fingerprint density at radius 1 is 1.33 bits per heavy atom. The summed E-state index contributed by atoms with van der Waals surface area (Å²) in [5.41, 5.74) is 8.85. The van der Waals surface area contributed by atoms with Gasteiger partial charge in [0.05, 0.1) is 7.11 Å². The minimum Gasteiger partial charge on any atom is -0.496 e. The summed E-state index contributed by atoms with van der Waals surface area (Å²) in [6.07, 6.45) is 1.32. The van der Waals surface area contributed by atoms with Crippen LogP contribution in [0.5, 0.6) is 5.75 Å². The number of methoxy groups -OCH3 is 1. The molecule has 0 spiro atoms. The fourth-order valence-corrected chi connectivity index (χ4v) is 3.57. The van der Waals surface area contributed by atoms with E-state index in [0.29, 0.717) is 6.04 Å². The lowest BCUT2D eigenvalue weighted by molar-refractivity contribution is 0.0739. The van der Waals surface area contributed by atoms with E-state index in [9.17, 15) is 0 Å². The number of benzene rings is 1. The average Bonchev–Trinajstić information content (AvgIpc) is 2.44. The van der Waals surface area contributed by atoms with Gasteiger partial charge >= 0.3 is 0 Å². The highest BCUT2D eigenvalue weighted by atomic mass is 16.5. The van der Waals surface area contributed by atoms with Crippen LogP contribution in [-0.2, 0) is 0 Å². The van der Waals surface area contributed by atoms with Gasteiger partial charge in [-0.2, -0.15) is 0 Å². The zero-order valence-corrected chi connectivity index (χ0v) is 14.1. The minimum absolute atomic E-state index is 0.000185. The second-order valence-corrected chi connectivity index (χ2v) is 6.86. The first kappa shape index (κ1) is 16.3. The molecule has 0 aromatic heterocycles. The number of aryl methyl sites for hydroxylation is 1. The Kier molecular flexibility index (Phi) is 5.28. The molecule has 118 valence electrons. The van der Waals surface area contributed by atoms with E-state index >= 15 is 0 Å². The molecule has 4 unspecified atom stereocenters. The number of hydrogen-bond donors (Lipinski definition) is 1. The Balaban J connectivity index is 2.13. The lowest BCUT2D eigenvalue weighted by Gasteiger charge is -2.42. The minimum atomic E-state index is -0.000185. The van der Waals surface area contributed by atoms with Gasteiger partial charge in [-0.05, 0) is 38.2 Å². The van der Waals surface area contributed by atoms with Gasteiger partial charge in [-0.25, -0.2) is 0 Å². The highest BCUT2D eigenvalue weighted by molar-refractivity contribution is 5.39. The molecule has 0 saturated carbocycles. The summed E-state index contributed by atoms with van der Waals surface area (Å²) in [6.45, 7) is 11.2. The molecule has 1 aliphatic rings. The standard InChI is InChI=1S/C18H30N2O/c1-12-6-7-18(21-5)16(9-12)17(19)11-20-10-13(2)8-14(3)15(20)4/h6-7,9,13-15,17H,8,10-11,19H2,1-5H3. The van der Waals surface area contributed by atoms with Crippen LogP contribution < -0.4 is 10.5 Å². The van der Waals surface area contributed by atoms with Gasteiger partial charge in [0.1, 0.15) is 5.75 Å². The topological polar surface area (TPSA) is 38.5 Å². The normalized spacial score (nSPS) is 28.4. The maximum absolute atomic E-state index is 6.50. The largest absolute Gasteiger partial charge is 0.496 e. The molecule has 0 radical (unpaired) electrons. The van der Waals surface area contributed by atoms with E-state index in [1.54, 1.807) is 7.11 Å². The Morgan fingerprint density at radius 2 is 2.05 bits per heavy atom. The third-order valence-electron chi connectivity index (χ3n) is 4.94. The summed E-state index contributed by atoms with van der Waals surface area (Å²) in [5.74, 6) is 2.39. The van der Waals surface area contributed by atoms with Crippen molar-refractivity contribution >= 4 is 0 Å². The van der Waals surface area contributed by atoms with Crippen molar-refractivity contribution in [3.63, 3.8) is 0 Å². The van der Waals surface area contributed by atoms with Crippen LogP contribution in [0.1, 0.15) is 44.4 Å². The monoisotopic (exact) mass is 290 g/mol. The van der Waals surface area contributed by atoms with Crippen LogP contribution in [-0.4, -0.2) is 31.1 Å². The van der Waals surface area contributed by atoms with Crippen molar-refractivity contribution in [3.05, 3.63) is 29.3 Å². The van der Waals surface area contributed by atoms with Gasteiger partial charge < -0.3 is 10.5 Å². The van der Waals surface area contributed by atoms with E-state index in [1.807, 2.05) is 6.07 Å². The van der Waals surface area contributed by atoms with E-state index in [4.69, 9.17) is 10.5 Å². The van der Waals surface area contributed by atoms with Crippen molar-refractivity contribution < 1.29 is 4.74 Å². The molecule has 3 heteroatoms. The Hall–Kier alpha value is -1.06. The van der Waals surface area contributed by atoms with Crippen LogP contribution >= 0.6 is 0 Å². The predicted octanol–water partition coefficient (Wildman–Crippen LogP) is 3.37. The molecule has 3 nitrogen and oxygen atoms in total. The smallest absolute Gasteiger partial charge is 0.123 e. The molecule has 2 N–H and O–H groups in total. The summed E-state index contributed by atoms with van der Waals surface area (Å²) >= 11 is 0. The molecule has 4 atom stereocenters. The summed E-state index contributed by atoms with van der Waals surface area (Å²) in [4.78, 5) is 2.55.